The van der Waals surface area contributed by atoms with Gasteiger partial charge in [0.15, 0.2) is 14.6 Å². The summed E-state index contributed by atoms with van der Waals surface area (Å²) in [5.74, 6) is -0.101. The van der Waals surface area contributed by atoms with E-state index in [0.717, 1.165) is 5.56 Å². The number of sulfone groups is 1. The van der Waals surface area contributed by atoms with E-state index in [9.17, 15) is 13.2 Å². The topological polar surface area (TPSA) is 72.9 Å². The number of methoxy groups -OCH3 is 1. The van der Waals surface area contributed by atoms with E-state index >= 15 is 0 Å². The van der Waals surface area contributed by atoms with Gasteiger partial charge in [-0.25, -0.2) is 8.42 Å². The van der Waals surface area contributed by atoms with Crippen molar-refractivity contribution in [3.63, 3.8) is 0 Å². The van der Waals surface area contributed by atoms with Gasteiger partial charge in [0.2, 0.25) is 0 Å². The van der Waals surface area contributed by atoms with Crippen LogP contribution in [0.5, 0.6) is 5.75 Å². The monoisotopic (exact) mass is 467 g/mol. The lowest BCUT2D eigenvalue weighted by Crippen LogP contribution is -2.54. The summed E-state index contributed by atoms with van der Waals surface area (Å²) >= 11 is 0. The smallest absolute Gasteiger partial charge is 0.327 e. The van der Waals surface area contributed by atoms with Crippen LogP contribution < -0.4 is 4.74 Å². The minimum atomic E-state index is -3.95. The number of carbonyl (C=O) groups excluding carboxylic acids is 1. The van der Waals surface area contributed by atoms with E-state index in [-0.39, 0.29) is 24.3 Å². The summed E-state index contributed by atoms with van der Waals surface area (Å²) in [6.45, 7) is 3.51. The van der Waals surface area contributed by atoms with E-state index in [1.165, 1.54) is 30.0 Å². The van der Waals surface area contributed by atoms with Gasteiger partial charge in [-0.3, -0.25) is 9.69 Å². The summed E-state index contributed by atoms with van der Waals surface area (Å²) in [6.07, 6.45) is 0.377. The molecule has 0 N–H and O–H groups in total. The number of piperidine rings is 1. The Hall–Kier alpha value is -2.90. The summed E-state index contributed by atoms with van der Waals surface area (Å²) in [7, 11) is -2.43. The van der Waals surface area contributed by atoms with Gasteiger partial charge in [-0.05, 0) is 66.4 Å². The Morgan fingerprint density at radius 2 is 1.64 bits per heavy atom. The molecule has 7 heteroatoms. The largest absolute Gasteiger partial charge is 0.497 e. The summed E-state index contributed by atoms with van der Waals surface area (Å²) in [6, 6.07) is 20.8. The van der Waals surface area contributed by atoms with E-state index in [2.05, 4.69) is 35.2 Å². The lowest BCUT2D eigenvalue weighted by Gasteiger charge is -2.39. The van der Waals surface area contributed by atoms with Gasteiger partial charge in [0.25, 0.3) is 0 Å². The Balaban J connectivity index is 1.56. The summed E-state index contributed by atoms with van der Waals surface area (Å²) < 4.78 is 36.2. The maximum absolute atomic E-state index is 13.7. The van der Waals surface area contributed by atoms with Crippen molar-refractivity contribution in [3.05, 3.63) is 72.3 Å². The number of likely N-dealkylation sites (tertiary alicyclic amines) is 1. The van der Waals surface area contributed by atoms with Crippen LogP contribution in [0, 0.1) is 0 Å². The lowest BCUT2D eigenvalue weighted by atomic mass is 9.95. The standard InChI is InChI=1S/C26H29NO5S/c1-3-32-25(28)26(33(29,30)24-12-10-23(31-2)11-13-24)14-16-27(17-15-26)19-20-8-9-21-6-4-5-7-22(21)18-20/h4-13,18H,3,14-17,19H2,1-2H3. The maximum Gasteiger partial charge on any atom is 0.327 e. The van der Waals surface area contributed by atoms with Crippen LogP contribution in [0.2, 0.25) is 0 Å². The van der Waals surface area contributed by atoms with Crippen molar-refractivity contribution in [1.82, 2.24) is 4.90 Å². The van der Waals surface area contributed by atoms with Gasteiger partial charge < -0.3 is 9.47 Å². The highest BCUT2D eigenvalue weighted by atomic mass is 32.2. The van der Waals surface area contributed by atoms with Gasteiger partial charge in [-0.15, -0.1) is 0 Å². The predicted molar refractivity (Wildman–Crippen MR) is 128 cm³/mol. The molecule has 1 fully saturated rings. The zero-order chi connectivity index (χ0) is 23.5. The van der Waals surface area contributed by atoms with Crippen molar-refractivity contribution >= 4 is 26.6 Å². The number of nitrogens with zero attached hydrogens (tertiary/aromatic N) is 1. The molecule has 0 spiro atoms. The molecule has 0 aliphatic carbocycles. The summed E-state index contributed by atoms with van der Waals surface area (Å²) in [4.78, 5) is 15.3. The normalized spacial score (nSPS) is 16.4. The molecule has 1 heterocycles. The second kappa shape index (κ2) is 9.53. The first-order chi connectivity index (χ1) is 15.9. The van der Waals surface area contributed by atoms with Gasteiger partial charge in [-0.1, -0.05) is 36.4 Å². The van der Waals surface area contributed by atoms with Crippen molar-refractivity contribution in [1.29, 1.82) is 0 Å². The molecule has 6 nitrogen and oxygen atoms in total. The van der Waals surface area contributed by atoms with Gasteiger partial charge in [0.05, 0.1) is 18.6 Å². The van der Waals surface area contributed by atoms with Crippen molar-refractivity contribution in [3.8, 4) is 5.75 Å². The second-order valence-electron chi connectivity index (χ2n) is 8.35. The molecule has 0 radical (unpaired) electrons. The van der Waals surface area contributed by atoms with Crippen LogP contribution in [0.1, 0.15) is 25.3 Å². The molecule has 1 saturated heterocycles. The number of fused-ring (bicyclic) bond motifs is 1. The fourth-order valence-electron chi connectivity index (χ4n) is 4.49. The highest BCUT2D eigenvalue weighted by Crippen LogP contribution is 2.38. The zero-order valence-electron chi connectivity index (χ0n) is 19.0. The van der Waals surface area contributed by atoms with Crippen molar-refractivity contribution in [2.45, 2.75) is 36.0 Å². The SMILES string of the molecule is CCOC(=O)C1(S(=O)(=O)c2ccc(OC)cc2)CCN(Cc2ccc3ccccc3c2)CC1. The van der Waals surface area contributed by atoms with E-state index in [4.69, 9.17) is 9.47 Å². The molecule has 0 bridgehead atoms. The Morgan fingerprint density at radius 3 is 2.27 bits per heavy atom. The van der Waals surface area contributed by atoms with E-state index < -0.39 is 20.6 Å². The minimum absolute atomic E-state index is 0.110. The number of hydrogen-bond acceptors (Lipinski definition) is 6. The van der Waals surface area contributed by atoms with E-state index in [0.29, 0.717) is 25.4 Å². The third kappa shape index (κ3) is 4.48. The number of hydrogen-bond donors (Lipinski definition) is 0. The van der Waals surface area contributed by atoms with Gasteiger partial charge >= 0.3 is 5.97 Å². The van der Waals surface area contributed by atoms with Crippen molar-refractivity contribution in [2.24, 2.45) is 0 Å². The molecular formula is C26H29NO5S. The number of benzene rings is 3. The fraction of sp³-hybridized carbons (Fsp3) is 0.346. The van der Waals surface area contributed by atoms with Crippen LogP contribution in [0.3, 0.4) is 0 Å². The van der Waals surface area contributed by atoms with Crippen molar-refractivity contribution in [2.75, 3.05) is 26.8 Å². The third-order valence-corrected chi connectivity index (χ3v) is 8.91. The molecule has 0 saturated carbocycles. The number of carbonyl (C=O) groups is 1. The predicted octanol–water partition coefficient (Wildman–Crippen LogP) is 4.22. The van der Waals surface area contributed by atoms with E-state index in [1.807, 2.05) is 12.1 Å². The van der Waals surface area contributed by atoms with Crippen molar-refractivity contribution < 1.29 is 22.7 Å². The molecule has 1 aliphatic rings. The Bertz CT molecular complexity index is 1230. The Kier molecular flexibility index (Phi) is 6.72. The highest BCUT2D eigenvalue weighted by Gasteiger charge is 2.54. The Morgan fingerprint density at radius 1 is 0.970 bits per heavy atom. The quantitative estimate of drug-likeness (QED) is 0.485. The second-order valence-corrected chi connectivity index (χ2v) is 10.6. The van der Waals surface area contributed by atoms with Crippen LogP contribution in [0.4, 0.5) is 0 Å². The maximum atomic E-state index is 13.7. The minimum Gasteiger partial charge on any atom is -0.497 e. The molecule has 3 aromatic rings. The first-order valence-corrected chi connectivity index (χ1v) is 12.6. The molecule has 0 unspecified atom stereocenters. The first kappa shape index (κ1) is 23.3. The van der Waals surface area contributed by atoms with Gasteiger partial charge in [-0.2, -0.15) is 0 Å². The molecule has 0 amide bonds. The van der Waals surface area contributed by atoms with Crippen LogP contribution in [-0.4, -0.2) is 50.8 Å². The van der Waals surface area contributed by atoms with Crippen LogP contribution in [0.15, 0.2) is 71.6 Å². The first-order valence-electron chi connectivity index (χ1n) is 11.2. The zero-order valence-corrected chi connectivity index (χ0v) is 19.8. The average Bonchev–Trinajstić information content (AvgIpc) is 2.84. The molecule has 4 rings (SSSR count). The number of ether oxygens (including phenoxy) is 2. The molecular weight excluding hydrogens is 438 g/mol. The number of esters is 1. The molecule has 0 atom stereocenters. The van der Waals surface area contributed by atoms with E-state index in [1.54, 1.807) is 19.1 Å². The Labute approximate surface area is 195 Å². The highest BCUT2D eigenvalue weighted by molar-refractivity contribution is 7.93. The molecule has 0 aromatic heterocycles. The summed E-state index contributed by atoms with van der Waals surface area (Å²) in [5.41, 5.74) is 1.16. The molecule has 33 heavy (non-hydrogen) atoms. The van der Waals surface area contributed by atoms with Crippen LogP contribution >= 0.6 is 0 Å². The van der Waals surface area contributed by atoms with Crippen LogP contribution in [-0.2, 0) is 25.9 Å². The van der Waals surface area contributed by atoms with Gasteiger partial charge in [0, 0.05) is 19.6 Å². The third-order valence-electron chi connectivity index (χ3n) is 6.42. The molecule has 3 aromatic carbocycles. The average molecular weight is 468 g/mol. The molecule has 174 valence electrons. The van der Waals surface area contributed by atoms with Crippen LogP contribution in [0.25, 0.3) is 10.8 Å². The van der Waals surface area contributed by atoms with Gasteiger partial charge in [0.1, 0.15) is 5.75 Å². The molecule has 1 aliphatic heterocycles. The summed E-state index contributed by atoms with van der Waals surface area (Å²) in [5, 5.41) is 2.36. The lowest BCUT2D eigenvalue weighted by molar-refractivity contribution is -0.147. The number of rotatable bonds is 7. The fourth-order valence-corrected chi connectivity index (χ4v) is 6.44.